The lowest BCUT2D eigenvalue weighted by atomic mass is 9.71. The number of nitrogens with zero attached hydrogens (tertiary/aromatic N) is 2. The van der Waals surface area contributed by atoms with E-state index in [0.29, 0.717) is 13.1 Å². The zero-order valence-corrected chi connectivity index (χ0v) is 18.7. The SMILES string of the molecule is C=NC1=C2/C(=C\C)C(C)(C)[S@@+]([O-])N[C@H]2C2(CCN(C(=O)OC(C)(C)C)CC2)C1. The number of nitrogens with one attached hydrogen (secondary N) is 1. The number of carbonyl (C=O) groups excluding carboxylic acids is 1. The lowest BCUT2D eigenvalue weighted by Crippen LogP contribution is -2.60. The molecule has 0 saturated carbocycles. The van der Waals surface area contributed by atoms with Crippen LogP contribution in [0.4, 0.5) is 4.79 Å². The molecule has 6 nitrogen and oxygen atoms in total. The van der Waals surface area contributed by atoms with Gasteiger partial charge in [0.15, 0.2) is 4.75 Å². The fourth-order valence-electron chi connectivity index (χ4n) is 4.75. The molecule has 0 aromatic rings. The van der Waals surface area contributed by atoms with Crippen LogP contribution in [0, 0.1) is 5.41 Å². The van der Waals surface area contributed by atoms with Crippen molar-refractivity contribution in [3.63, 3.8) is 0 Å². The van der Waals surface area contributed by atoms with E-state index in [9.17, 15) is 9.35 Å². The molecule has 0 bridgehead atoms. The molecule has 1 spiro atoms. The van der Waals surface area contributed by atoms with Crippen molar-refractivity contribution in [2.24, 2.45) is 10.4 Å². The summed E-state index contributed by atoms with van der Waals surface area (Å²) in [6, 6.07) is -0.0196. The van der Waals surface area contributed by atoms with Gasteiger partial charge in [-0.25, -0.2) is 4.79 Å². The van der Waals surface area contributed by atoms with Gasteiger partial charge in [-0.3, -0.25) is 4.99 Å². The minimum absolute atomic E-state index is 0.0196. The number of allylic oxidation sites excluding steroid dienone is 2. The average molecular weight is 408 g/mol. The van der Waals surface area contributed by atoms with Crippen molar-refractivity contribution in [3.8, 4) is 0 Å². The predicted octanol–water partition coefficient (Wildman–Crippen LogP) is 3.72. The number of likely N-dealkylation sites (tertiary alicyclic amines) is 1. The van der Waals surface area contributed by atoms with E-state index in [1.165, 1.54) is 0 Å². The highest BCUT2D eigenvalue weighted by atomic mass is 32.2. The van der Waals surface area contributed by atoms with Crippen LogP contribution in [0.25, 0.3) is 0 Å². The lowest BCUT2D eigenvalue weighted by molar-refractivity contribution is 0.00862. The van der Waals surface area contributed by atoms with E-state index in [0.717, 1.165) is 36.1 Å². The minimum Gasteiger partial charge on any atom is -0.597 e. The zero-order valence-electron chi connectivity index (χ0n) is 17.9. The van der Waals surface area contributed by atoms with Crippen molar-refractivity contribution < 1.29 is 14.1 Å². The Morgan fingerprint density at radius 1 is 1.39 bits per heavy atom. The third-order valence-electron chi connectivity index (χ3n) is 6.25. The van der Waals surface area contributed by atoms with Crippen LogP contribution in [0.5, 0.6) is 0 Å². The quantitative estimate of drug-likeness (QED) is 0.531. The van der Waals surface area contributed by atoms with Gasteiger partial charge in [-0.15, -0.1) is 4.72 Å². The number of hydrogen-bond acceptors (Lipinski definition) is 5. The van der Waals surface area contributed by atoms with Crippen molar-refractivity contribution in [2.45, 2.75) is 77.2 Å². The first-order valence-corrected chi connectivity index (χ1v) is 11.1. The summed E-state index contributed by atoms with van der Waals surface area (Å²) in [4.78, 5) is 18.6. The normalized spacial score (nSPS) is 30.5. The molecule has 3 rings (SSSR count). The number of amides is 1. The first kappa shape index (κ1) is 21.4. The van der Waals surface area contributed by atoms with Crippen molar-refractivity contribution >= 4 is 24.2 Å². The minimum atomic E-state index is -1.19. The fraction of sp³-hybridized carbons (Fsp3) is 0.714. The Morgan fingerprint density at radius 2 is 2.00 bits per heavy atom. The molecule has 2 aliphatic heterocycles. The number of carbonyl (C=O) groups is 1. The summed E-state index contributed by atoms with van der Waals surface area (Å²) in [5.74, 6) is 0. The maximum atomic E-state index is 13.0. The molecular formula is C21H33N3O3S. The van der Waals surface area contributed by atoms with Gasteiger partial charge in [0.05, 0.1) is 6.04 Å². The molecule has 156 valence electrons. The van der Waals surface area contributed by atoms with Crippen LogP contribution in [0.15, 0.2) is 27.9 Å². The second kappa shape index (κ2) is 7.18. The topological polar surface area (TPSA) is 77.0 Å². The van der Waals surface area contributed by atoms with Crippen molar-refractivity contribution in [1.29, 1.82) is 0 Å². The van der Waals surface area contributed by atoms with Crippen molar-refractivity contribution in [1.82, 2.24) is 9.62 Å². The summed E-state index contributed by atoms with van der Waals surface area (Å²) in [6.45, 7) is 16.7. The lowest BCUT2D eigenvalue weighted by Gasteiger charge is -2.47. The Labute approximate surface area is 171 Å². The fourth-order valence-corrected chi connectivity index (χ4v) is 6.05. The molecule has 1 N–H and O–H groups in total. The number of hydrogen-bond donors (Lipinski definition) is 1. The summed E-state index contributed by atoms with van der Waals surface area (Å²) >= 11 is -1.19. The highest BCUT2D eigenvalue weighted by Gasteiger charge is 2.58. The Kier molecular flexibility index (Phi) is 5.49. The van der Waals surface area contributed by atoms with Gasteiger partial charge < -0.3 is 14.2 Å². The van der Waals surface area contributed by atoms with Gasteiger partial charge in [-0.2, -0.15) is 0 Å². The van der Waals surface area contributed by atoms with E-state index in [1.54, 1.807) is 4.90 Å². The molecule has 2 atom stereocenters. The Morgan fingerprint density at radius 3 is 2.50 bits per heavy atom. The highest BCUT2D eigenvalue weighted by molar-refractivity contribution is 7.91. The van der Waals surface area contributed by atoms with Gasteiger partial charge in [0.25, 0.3) is 0 Å². The monoisotopic (exact) mass is 407 g/mol. The highest BCUT2D eigenvalue weighted by Crippen LogP contribution is 2.55. The molecule has 0 aromatic carbocycles. The summed E-state index contributed by atoms with van der Waals surface area (Å²) in [5, 5.41) is 0. The van der Waals surface area contributed by atoms with Crippen LogP contribution in [0.3, 0.4) is 0 Å². The zero-order chi connectivity index (χ0) is 20.9. The molecule has 2 saturated heterocycles. The summed E-state index contributed by atoms with van der Waals surface area (Å²) in [6.07, 6.45) is 4.26. The molecule has 1 aliphatic carbocycles. The van der Waals surface area contributed by atoms with Gasteiger partial charge >= 0.3 is 6.09 Å². The largest absolute Gasteiger partial charge is 0.597 e. The van der Waals surface area contributed by atoms with E-state index < -0.39 is 21.7 Å². The maximum Gasteiger partial charge on any atom is 0.410 e. The smallest absolute Gasteiger partial charge is 0.410 e. The first-order valence-electron chi connectivity index (χ1n) is 9.98. The van der Waals surface area contributed by atoms with Crippen molar-refractivity contribution in [2.75, 3.05) is 13.1 Å². The Balaban J connectivity index is 1.83. The molecule has 0 radical (unpaired) electrons. The molecule has 28 heavy (non-hydrogen) atoms. The predicted molar refractivity (Wildman–Crippen MR) is 114 cm³/mol. The van der Waals surface area contributed by atoms with Gasteiger partial charge in [-0.1, -0.05) is 6.08 Å². The van der Waals surface area contributed by atoms with Crippen LogP contribution in [0.2, 0.25) is 0 Å². The van der Waals surface area contributed by atoms with Crippen LogP contribution in [0.1, 0.15) is 60.8 Å². The molecule has 2 heterocycles. The third kappa shape index (κ3) is 3.53. The molecule has 7 heteroatoms. The van der Waals surface area contributed by atoms with Gasteiger partial charge in [0, 0.05) is 46.7 Å². The van der Waals surface area contributed by atoms with E-state index in [4.69, 9.17) is 4.74 Å². The molecule has 2 fully saturated rings. The summed E-state index contributed by atoms with van der Waals surface area (Å²) < 4.78 is 21.4. The first-order chi connectivity index (χ1) is 12.9. The average Bonchev–Trinajstić information content (AvgIpc) is 2.88. The van der Waals surface area contributed by atoms with Crippen LogP contribution < -0.4 is 4.72 Å². The van der Waals surface area contributed by atoms with E-state index >= 15 is 0 Å². The van der Waals surface area contributed by atoms with Crippen LogP contribution in [-0.4, -0.2) is 51.7 Å². The molecule has 3 aliphatic rings. The molecule has 1 amide bonds. The van der Waals surface area contributed by atoms with Crippen LogP contribution >= 0.6 is 0 Å². The number of aliphatic imine (C=N–C) groups is 1. The van der Waals surface area contributed by atoms with Gasteiger partial charge in [0.1, 0.15) is 5.60 Å². The summed E-state index contributed by atoms with van der Waals surface area (Å²) in [5.41, 5.74) is 2.67. The van der Waals surface area contributed by atoms with Crippen LogP contribution in [-0.2, 0) is 16.1 Å². The molecule has 0 unspecified atom stereocenters. The molecule has 0 aromatic heterocycles. The standard InChI is InChI=1S/C21H33N3O3S/c1-8-14-16-15(22-7)13-21(17(16)23-28(26)20(14,5)6)9-11-24(12-10-21)18(25)27-19(2,3)4/h8,17,23H,7,9-13H2,1-6H3/b14-8+/t17-,28-/m1/s1. The number of piperidine rings is 1. The van der Waals surface area contributed by atoms with E-state index in [-0.39, 0.29) is 17.6 Å². The third-order valence-corrected chi connectivity index (χ3v) is 7.85. The second-order valence-corrected chi connectivity index (χ2v) is 11.4. The second-order valence-electron chi connectivity index (χ2n) is 9.56. The number of ether oxygens (including phenoxy) is 1. The number of fused-ring (bicyclic) bond motifs is 2. The molecular weight excluding hydrogens is 374 g/mol. The van der Waals surface area contributed by atoms with Crippen molar-refractivity contribution in [3.05, 3.63) is 22.9 Å². The van der Waals surface area contributed by atoms with E-state index in [1.807, 2.05) is 41.5 Å². The summed E-state index contributed by atoms with van der Waals surface area (Å²) in [7, 11) is 0. The maximum absolute atomic E-state index is 13.0. The van der Waals surface area contributed by atoms with Gasteiger partial charge in [-0.05, 0) is 67.5 Å². The number of rotatable bonds is 1. The Hall–Kier alpha value is -1.31. The van der Waals surface area contributed by atoms with Gasteiger partial charge in [0.2, 0.25) is 0 Å². The Bertz CT molecular complexity index is 728. The van der Waals surface area contributed by atoms with E-state index in [2.05, 4.69) is 22.5 Å².